The second-order valence-electron chi connectivity index (χ2n) is 5.22. The lowest BCUT2D eigenvalue weighted by Gasteiger charge is -2.47. The van der Waals surface area contributed by atoms with Gasteiger partial charge in [-0.25, -0.2) is 0 Å². The van der Waals surface area contributed by atoms with Gasteiger partial charge in [0.25, 0.3) is 0 Å². The van der Waals surface area contributed by atoms with Crippen molar-refractivity contribution in [2.24, 2.45) is 5.92 Å². The zero-order valence-corrected chi connectivity index (χ0v) is 10.4. The highest BCUT2D eigenvalue weighted by Crippen LogP contribution is 2.21. The monoisotopic (exact) mass is 198 g/mol. The first-order chi connectivity index (χ1) is 6.51. The minimum atomic E-state index is 0.332. The number of likely N-dealkylation sites (N-methyl/N-ethyl adjacent to an activating group) is 1. The van der Waals surface area contributed by atoms with Gasteiger partial charge in [-0.15, -0.1) is 0 Å². The zero-order chi connectivity index (χ0) is 10.8. The van der Waals surface area contributed by atoms with Crippen molar-refractivity contribution in [1.29, 1.82) is 0 Å². The molecule has 84 valence electrons. The lowest BCUT2D eigenvalue weighted by molar-refractivity contribution is 0.0571. The molecule has 14 heavy (non-hydrogen) atoms. The molecule has 1 aliphatic rings. The van der Waals surface area contributed by atoms with E-state index >= 15 is 0 Å². The van der Waals surface area contributed by atoms with E-state index in [9.17, 15) is 0 Å². The van der Waals surface area contributed by atoms with Gasteiger partial charge in [-0.3, -0.25) is 4.90 Å². The number of hydrogen-bond acceptors (Lipinski definition) is 2. The summed E-state index contributed by atoms with van der Waals surface area (Å²) in [6.07, 6.45) is 1.27. The molecule has 2 unspecified atom stereocenters. The van der Waals surface area contributed by atoms with Crippen molar-refractivity contribution in [3.8, 4) is 0 Å². The summed E-state index contributed by atoms with van der Waals surface area (Å²) in [4.78, 5) is 2.60. The lowest BCUT2D eigenvalue weighted by atomic mass is 9.91. The molecule has 0 amide bonds. The first kappa shape index (κ1) is 12.0. The maximum Gasteiger partial charge on any atom is 0.0278 e. The molecule has 0 saturated carbocycles. The van der Waals surface area contributed by atoms with Gasteiger partial charge in [-0.05, 0) is 26.3 Å². The molecule has 2 atom stereocenters. The summed E-state index contributed by atoms with van der Waals surface area (Å²) in [7, 11) is 0. The Hall–Kier alpha value is -0.0800. The molecule has 1 saturated heterocycles. The lowest BCUT2D eigenvalue weighted by Crippen LogP contribution is -2.63. The van der Waals surface area contributed by atoms with Crippen LogP contribution in [0.1, 0.15) is 41.0 Å². The van der Waals surface area contributed by atoms with E-state index in [-0.39, 0.29) is 0 Å². The van der Waals surface area contributed by atoms with Gasteiger partial charge < -0.3 is 5.32 Å². The number of nitrogens with one attached hydrogen (secondary N) is 1. The Morgan fingerprint density at radius 3 is 2.57 bits per heavy atom. The van der Waals surface area contributed by atoms with Gasteiger partial charge in [-0.2, -0.15) is 0 Å². The summed E-state index contributed by atoms with van der Waals surface area (Å²) >= 11 is 0. The van der Waals surface area contributed by atoms with Gasteiger partial charge in [0.1, 0.15) is 0 Å². The second kappa shape index (κ2) is 4.63. The van der Waals surface area contributed by atoms with Gasteiger partial charge in [0.05, 0.1) is 0 Å². The third-order valence-corrected chi connectivity index (χ3v) is 3.78. The van der Waals surface area contributed by atoms with Crippen LogP contribution in [0.2, 0.25) is 0 Å². The number of nitrogens with zero attached hydrogens (tertiary/aromatic N) is 1. The molecule has 0 aromatic carbocycles. The van der Waals surface area contributed by atoms with Crippen LogP contribution in [-0.4, -0.2) is 36.1 Å². The largest absolute Gasteiger partial charge is 0.311 e. The highest BCUT2D eigenvalue weighted by atomic mass is 15.3. The molecule has 2 nitrogen and oxygen atoms in total. The Labute approximate surface area is 89.1 Å². The van der Waals surface area contributed by atoms with Crippen LogP contribution >= 0.6 is 0 Å². The summed E-state index contributed by atoms with van der Waals surface area (Å²) in [6.45, 7) is 15.1. The van der Waals surface area contributed by atoms with Gasteiger partial charge in [0.15, 0.2) is 0 Å². The van der Waals surface area contributed by atoms with Gasteiger partial charge in [-0.1, -0.05) is 27.2 Å². The van der Waals surface area contributed by atoms with Crippen LogP contribution < -0.4 is 5.32 Å². The van der Waals surface area contributed by atoms with Crippen molar-refractivity contribution < 1.29 is 0 Å². The van der Waals surface area contributed by atoms with Crippen molar-refractivity contribution >= 4 is 0 Å². The number of hydrogen-bond donors (Lipinski definition) is 1. The first-order valence-electron chi connectivity index (χ1n) is 5.99. The highest BCUT2D eigenvalue weighted by Gasteiger charge is 2.34. The summed E-state index contributed by atoms with van der Waals surface area (Å²) in [5.41, 5.74) is 0.332. The molecule has 1 aliphatic heterocycles. The quantitative estimate of drug-likeness (QED) is 0.747. The molecule has 0 aliphatic carbocycles. The van der Waals surface area contributed by atoms with Crippen LogP contribution in [0.5, 0.6) is 0 Å². The van der Waals surface area contributed by atoms with Gasteiger partial charge >= 0.3 is 0 Å². The molecule has 0 aromatic rings. The van der Waals surface area contributed by atoms with Crippen molar-refractivity contribution in [2.45, 2.75) is 52.6 Å². The van der Waals surface area contributed by atoms with E-state index in [1.54, 1.807) is 0 Å². The van der Waals surface area contributed by atoms with Crippen molar-refractivity contribution in [1.82, 2.24) is 10.2 Å². The van der Waals surface area contributed by atoms with E-state index in [1.165, 1.54) is 19.5 Å². The van der Waals surface area contributed by atoms with Crippen molar-refractivity contribution in [3.05, 3.63) is 0 Å². The fourth-order valence-corrected chi connectivity index (χ4v) is 2.26. The van der Waals surface area contributed by atoms with Crippen LogP contribution in [0.15, 0.2) is 0 Å². The summed E-state index contributed by atoms with van der Waals surface area (Å²) in [5, 5.41) is 3.68. The van der Waals surface area contributed by atoms with Gasteiger partial charge in [0.2, 0.25) is 0 Å². The molecule has 0 radical (unpaired) electrons. The molecule has 0 aromatic heterocycles. The maximum absolute atomic E-state index is 3.68. The third-order valence-electron chi connectivity index (χ3n) is 3.78. The second-order valence-corrected chi connectivity index (χ2v) is 5.22. The van der Waals surface area contributed by atoms with E-state index in [1.807, 2.05) is 0 Å². The predicted octanol–water partition coefficient (Wildman–Crippen LogP) is 2.10. The van der Waals surface area contributed by atoms with Crippen LogP contribution in [0.3, 0.4) is 0 Å². The molecule has 2 heteroatoms. The SMILES string of the molecule is CCC(C)C1CN(CC)C(C)(C)CN1. The van der Waals surface area contributed by atoms with E-state index < -0.39 is 0 Å². The Balaban J connectivity index is 2.57. The molecule has 0 spiro atoms. The molecular formula is C12H26N2. The Morgan fingerprint density at radius 2 is 2.07 bits per heavy atom. The smallest absolute Gasteiger partial charge is 0.0278 e. The average molecular weight is 198 g/mol. The Morgan fingerprint density at radius 1 is 1.43 bits per heavy atom. The molecule has 1 heterocycles. The number of rotatable bonds is 3. The minimum Gasteiger partial charge on any atom is -0.311 e. The molecule has 1 fully saturated rings. The Bertz CT molecular complexity index is 177. The van der Waals surface area contributed by atoms with Crippen molar-refractivity contribution in [3.63, 3.8) is 0 Å². The van der Waals surface area contributed by atoms with E-state index in [4.69, 9.17) is 0 Å². The normalized spacial score (nSPS) is 30.2. The fraction of sp³-hybridized carbons (Fsp3) is 1.00. The molecule has 1 N–H and O–H groups in total. The Kier molecular flexibility index (Phi) is 3.96. The summed E-state index contributed by atoms with van der Waals surface area (Å²) in [5.74, 6) is 0.792. The molecule has 0 bridgehead atoms. The van der Waals surface area contributed by atoms with Crippen LogP contribution in [0.4, 0.5) is 0 Å². The summed E-state index contributed by atoms with van der Waals surface area (Å²) in [6, 6.07) is 0.688. The van der Waals surface area contributed by atoms with E-state index in [2.05, 4.69) is 44.8 Å². The van der Waals surface area contributed by atoms with Crippen LogP contribution in [0.25, 0.3) is 0 Å². The van der Waals surface area contributed by atoms with Crippen molar-refractivity contribution in [2.75, 3.05) is 19.6 Å². The molecular weight excluding hydrogens is 172 g/mol. The van der Waals surface area contributed by atoms with Crippen LogP contribution in [-0.2, 0) is 0 Å². The zero-order valence-electron chi connectivity index (χ0n) is 10.4. The number of piperazine rings is 1. The minimum absolute atomic E-state index is 0.332. The molecule has 1 rings (SSSR count). The summed E-state index contributed by atoms with van der Waals surface area (Å²) < 4.78 is 0. The highest BCUT2D eigenvalue weighted by molar-refractivity contribution is 4.93. The fourth-order valence-electron chi connectivity index (χ4n) is 2.26. The third kappa shape index (κ3) is 2.48. The standard InChI is InChI=1S/C12H26N2/c1-6-10(3)11-8-14(7-2)12(4,5)9-13-11/h10-11,13H,6-9H2,1-5H3. The van der Waals surface area contributed by atoms with E-state index in [0.717, 1.165) is 12.5 Å². The van der Waals surface area contributed by atoms with Crippen LogP contribution in [0, 0.1) is 5.92 Å². The topological polar surface area (TPSA) is 15.3 Å². The van der Waals surface area contributed by atoms with Gasteiger partial charge in [0, 0.05) is 24.7 Å². The van der Waals surface area contributed by atoms with E-state index in [0.29, 0.717) is 11.6 Å². The maximum atomic E-state index is 3.68. The average Bonchev–Trinajstić information content (AvgIpc) is 2.16. The first-order valence-corrected chi connectivity index (χ1v) is 5.99. The predicted molar refractivity (Wildman–Crippen MR) is 62.6 cm³/mol.